The van der Waals surface area contributed by atoms with E-state index in [-0.39, 0.29) is 68.8 Å². The van der Waals surface area contributed by atoms with Gasteiger partial charge in [-0.15, -0.1) is 0 Å². The number of ether oxygens (including phenoxy) is 2. The Balaban J connectivity index is 1.46. The third-order valence-corrected chi connectivity index (χ3v) is 11.6. The molecule has 11 N–H and O–H groups in total. The third kappa shape index (κ3) is 13.4. The van der Waals surface area contributed by atoms with Crippen molar-refractivity contribution in [3.8, 4) is 40.1 Å². The lowest BCUT2D eigenvalue weighted by molar-refractivity contribution is -0.143. The molecule has 3 aromatic carbocycles. The number of carbonyl (C=O) groups excluding carboxylic acids is 6. The van der Waals surface area contributed by atoms with Gasteiger partial charge in [-0.3, -0.25) is 28.8 Å². The molecule has 0 unspecified atom stereocenters. The zero-order valence-electron chi connectivity index (χ0n) is 40.7. The molecule has 4 bridgehead atoms. The van der Waals surface area contributed by atoms with Crippen LogP contribution in [0.1, 0.15) is 78.6 Å². The van der Waals surface area contributed by atoms with Crippen LogP contribution in [0.4, 0.5) is 0 Å². The average molecular weight is 961 g/mol. The summed E-state index contributed by atoms with van der Waals surface area (Å²) in [6, 6.07) is 14.6. The predicted octanol–water partition coefficient (Wildman–Crippen LogP) is 1.35. The summed E-state index contributed by atoms with van der Waals surface area (Å²) in [6.45, 7) is 10.9. The maximum Gasteiger partial charge on any atom is 0.255 e. The summed E-state index contributed by atoms with van der Waals surface area (Å²) in [6.07, 6.45) is -0.0696. The van der Waals surface area contributed by atoms with Crippen LogP contribution in [-0.4, -0.2) is 121 Å². The highest BCUT2D eigenvalue weighted by atomic mass is 16.5. The Morgan fingerprint density at radius 2 is 1.47 bits per heavy atom. The van der Waals surface area contributed by atoms with Gasteiger partial charge in [0, 0.05) is 43.2 Å². The molecule has 5 rings (SSSR count). The summed E-state index contributed by atoms with van der Waals surface area (Å²) >= 11 is 0. The fourth-order valence-electron chi connectivity index (χ4n) is 7.92. The van der Waals surface area contributed by atoms with Crippen molar-refractivity contribution < 1.29 is 38.2 Å². The van der Waals surface area contributed by atoms with Gasteiger partial charge < -0.3 is 58.2 Å². The molecular formula is C50H64N12O8. The van der Waals surface area contributed by atoms with E-state index in [9.17, 15) is 28.8 Å². The van der Waals surface area contributed by atoms with E-state index in [2.05, 4.69) is 57.3 Å². The molecule has 0 fully saturated rings. The summed E-state index contributed by atoms with van der Waals surface area (Å²) in [4.78, 5) is 93.6. The number of amides is 6. The number of hydrogen-bond donors (Lipinski definition) is 8. The van der Waals surface area contributed by atoms with Gasteiger partial charge in [0.05, 0.1) is 29.6 Å². The molecular weight excluding hydrogens is 897 g/mol. The number of likely N-dealkylation sites (N-methyl/N-ethyl adjacent to an activating group) is 1. The summed E-state index contributed by atoms with van der Waals surface area (Å²) in [7, 11) is 1.37. The molecule has 6 amide bonds. The zero-order chi connectivity index (χ0) is 51.3. The fourth-order valence-corrected chi connectivity index (χ4v) is 7.92. The van der Waals surface area contributed by atoms with Crippen LogP contribution in [-0.2, 0) is 35.8 Å². The number of nitrogens with zero attached hydrogens (tertiary/aromatic N) is 4. The van der Waals surface area contributed by atoms with Crippen molar-refractivity contribution >= 4 is 35.4 Å². The van der Waals surface area contributed by atoms with Gasteiger partial charge in [-0.1, -0.05) is 57.2 Å². The quantitative estimate of drug-likeness (QED) is 0.0694. The Morgan fingerprint density at radius 1 is 0.857 bits per heavy atom. The van der Waals surface area contributed by atoms with Gasteiger partial charge in [0.15, 0.2) is 5.82 Å². The van der Waals surface area contributed by atoms with Crippen molar-refractivity contribution in [2.24, 2.45) is 17.2 Å². The van der Waals surface area contributed by atoms with Crippen LogP contribution in [0.2, 0.25) is 0 Å². The number of hydrogen-bond acceptors (Lipinski definition) is 14. The van der Waals surface area contributed by atoms with Crippen LogP contribution < -0.4 is 53.3 Å². The van der Waals surface area contributed by atoms with Crippen molar-refractivity contribution in [1.82, 2.24) is 41.5 Å². The van der Waals surface area contributed by atoms with Crippen LogP contribution in [0.5, 0.6) is 11.5 Å². The maximum absolute atomic E-state index is 14.6. The Bertz CT molecular complexity index is 2590. The van der Waals surface area contributed by atoms with Crippen molar-refractivity contribution in [2.75, 3.05) is 53.0 Å². The van der Waals surface area contributed by atoms with Crippen LogP contribution in [0.3, 0.4) is 0 Å². The molecule has 0 spiro atoms. The van der Waals surface area contributed by atoms with Crippen molar-refractivity contribution in [3.05, 3.63) is 94.3 Å². The first kappa shape index (κ1) is 53.5. The minimum absolute atomic E-state index is 0.0153. The molecule has 20 nitrogen and oxygen atoms in total. The second kappa shape index (κ2) is 24.2. The van der Waals surface area contributed by atoms with Crippen LogP contribution in [0, 0.1) is 25.2 Å². The zero-order valence-corrected chi connectivity index (χ0v) is 40.7. The highest BCUT2D eigenvalue weighted by Gasteiger charge is 2.36. The first-order chi connectivity index (χ1) is 33.3. The number of aromatic nitrogens is 2. The van der Waals surface area contributed by atoms with Crippen molar-refractivity contribution in [3.63, 3.8) is 0 Å². The third-order valence-electron chi connectivity index (χ3n) is 11.6. The van der Waals surface area contributed by atoms with Crippen molar-refractivity contribution in [2.45, 2.75) is 84.0 Å². The normalized spacial score (nSPS) is 16.3. The molecule has 20 heteroatoms. The van der Waals surface area contributed by atoms with Gasteiger partial charge in [-0.2, -0.15) is 5.26 Å². The van der Waals surface area contributed by atoms with E-state index in [4.69, 9.17) is 31.9 Å². The Morgan fingerprint density at radius 3 is 2.06 bits per heavy atom. The largest absolute Gasteiger partial charge is 0.492 e. The molecule has 4 atom stereocenters. The summed E-state index contributed by atoms with van der Waals surface area (Å²) in [5.41, 5.74) is 22.3. The van der Waals surface area contributed by atoms with E-state index in [1.807, 2.05) is 30.3 Å². The number of nitrogens with two attached hydrogens (primary N) is 3. The summed E-state index contributed by atoms with van der Waals surface area (Å²) < 4.78 is 12.2. The molecule has 1 aromatic heterocycles. The predicted molar refractivity (Wildman–Crippen MR) is 262 cm³/mol. The molecule has 0 saturated heterocycles. The second-order valence-electron chi connectivity index (χ2n) is 17.9. The SMILES string of the molecule is Cc1nc(-c2ccc(C(C)(C)C)cc2)nc(C)c1C(=O)NCC(=O)N[C@@H](CCN)C(=O)N(C)[C@@H]1C(=O)N[C@@H](C)C(=O)N[C@H](C(=O)NCC#N)Cc2ccc(OCCN)c(c2)-c2cc1ccc2OCCN. The highest BCUT2D eigenvalue weighted by molar-refractivity contribution is 5.99. The monoisotopic (exact) mass is 960 g/mol. The molecule has 70 heavy (non-hydrogen) atoms. The van der Waals surface area contributed by atoms with Gasteiger partial charge in [0.25, 0.3) is 5.91 Å². The molecule has 372 valence electrons. The van der Waals surface area contributed by atoms with Crippen LogP contribution >= 0.6 is 0 Å². The molecule has 0 saturated carbocycles. The summed E-state index contributed by atoms with van der Waals surface area (Å²) in [5.74, 6) is -3.01. The van der Waals surface area contributed by atoms with Crippen LogP contribution in [0.15, 0.2) is 60.7 Å². The molecule has 0 radical (unpaired) electrons. The van der Waals surface area contributed by atoms with E-state index in [1.54, 1.807) is 50.2 Å². The Labute approximate surface area is 407 Å². The standard InChI is InChI=1S/C50H64N12O8/c1-28-42(29(2)58-44(57-28)32-9-12-34(13-10-32)50(4,5)6)47(66)56-27-41(63)60-37(16-17-51)49(68)62(7)43-33-11-15-40(70-23-20-54)36(26-33)35-24-31(8-14-39(35)69-22-19-53)25-38(46(65)55-21-18-52)61-45(64)30(3)59-48(43)67/h8-15,24,26,30,37-38,43H,16-17,19-23,25,27,51,53-54H2,1-7H3,(H,55,65)(H,56,66)(H,59,67)(H,60,63)(H,61,64)/t30-,37-,38-,43-/m0/s1. The number of aryl methyl sites for hydroxylation is 2. The van der Waals surface area contributed by atoms with Crippen molar-refractivity contribution in [1.29, 1.82) is 5.26 Å². The van der Waals surface area contributed by atoms with Crippen LogP contribution in [0.25, 0.3) is 22.5 Å². The fraction of sp³-hybridized carbons (Fsp3) is 0.420. The number of carbonyl (C=O) groups is 6. The van der Waals surface area contributed by atoms with Gasteiger partial charge in [0.2, 0.25) is 29.5 Å². The molecule has 0 aliphatic carbocycles. The lowest BCUT2D eigenvalue weighted by Crippen LogP contribution is -2.56. The van der Waals surface area contributed by atoms with E-state index in [0.717, 1.165) is 16.0 Å². The second-order valence-corrected chi connectivity index (χ2v) is 17.9. The summed E-state index contributed by atoms with van der Waals surface area (Å²) in [5, 5.41) is 22.3. The minimum Gasteiger partial charge on any atom is -0.492 e. The van der Waals surface area contributed by atoms with E-state index in [1.165, 1.54) is 14.0 Å². The van der Waals surface area contributed by atoms with Gasteiger partial charge in [-0.25, -0.2) is 9.97 Å². The molecule has 1 aliphatic rings. The van der Waals surface area contributed by atoms with E-state index >= 15 is 0 Å². The van der Waals surface area contributed by atoms with E-state index < -0.39 is 66.2 Å². The van der Waals surface area contributed by atoms with Gasteiger partial charge in [-0.05, 0) is 80.1 Å². The Kier molecular flexibility index (Phi) is 18.5. The smallest absolute Gasteiger partial charge is 0.255 e. The number of nitriles is 1. The first-order valence-corrected chi connectivity index (χ1v) is 23.0. The lowest BCUT2D eigenvalue weighted by atomic mass is 9.86. The topological polar surface area (TPSA) is 312 Å². The first-order valence-electron chi connectivity index (χ1n) is 23.0. The number of fused-ring (bicyclic) bond motifs is 5. The number of nitrogens with one attached hydrogen (secondary N) is 5. The molecule has 4 aromatic rings. The van der Waals surface area contributed by atoms with Gasteiger partial charge >= 0.3 is 0 Å². The highest BCUT2D eigenvalue weighted by Crippen LogP contribution is 2.40. The minimum atomic E-state index is -1.44. The van der Waals surface area contributed by atoms with Gasteiger partial charge in [0.1, 0.15) is 55.4 Å². The van der Waals surface area contributed by atoms with E-state index in [0.29, 0.717) is 45.4 Å². The average Bonchev–Trinajstić information content (AvgIpc) is 3.32. The number of benzene rings is 3. The molecule has 1 aliphatic heterocycles. The lowest BCUT2D eigenvalue weighted by Gasteiger charge is -2.32. The number of rotatable bonds is 17. The maximum atomic E-state index is 14.6. The molecule has 2 heterocycles. The Hall–Kier alpha value is -7.47.